The lowest BCUT2D eigenvalue weighted by Gasteiger charge is -2.12. The molecule has 142 valence electrons. The van der Waals surface area contributed by atoms with E-state index in [2.05, 4.69) is 0 Å². The standard InChI is InChI=1S/C22H19FN2O2S/c1-14-8-9-18(27-2)16(12-14)17-13-28-21-19(17)22(26)25(11-10-23)20(24-21)15-6-4-3-5-7-15/h3-9,12-13H,10-11H2,1-2H3. The van der Waals surface area contributed by atoms with Gasteiger partial charge in [-0.3, -0.25) is 9.36 Å². The van der Waals surface area contributed by atoms with E-state index in [9.17, 15) is 9.18 Å². The fourth-order valence-corrected chi connectivity index (χ4v) is 4.28. The maximum Gasteiger partial charge on any atom is 0.263 e. The molecule has 0 N–H and O–H groups in total. The van der Waals surface area contributed by atoms with Crippen LogP contribution < -0.4 is 10.3 Å². The summed E-state index contributed by atoms with van der Waals surface area (Å²) in [4.78, 5) is 18.7. The molecule has 6 heteroatoms. The fraction of sp³-hybridized carbons (Fsp3) is 0.182. The smallest absolute Gasteiger partial charge is 0.263 e. The van der Waals surface area contributed by atoms with Crippen LogP contribution in [0.15, 0.2) is 58.7 Å². The molecule has 0 aliphatic rings. The van der Waals surface area contributed by atoms with E-state index < -0.39 is 6.67 Å². The highest BCUT2D eigenvalue weighted by atomic mass is 32.1. The number of ether oxygens (including phenoxy) is 1. The number of thiophene rings is 1. The predicted octanol–water partition coefficient (Wildman–Crippen LogP) is 5.08. The molecule has 0 aliphatic heterocycles. The van der Waals surface area contributed by atoms with Gasteiger partial charge < -0.3 is 4.74 Å². The van der Waals surface area contributed by atoms with Crippen LogP contribution in [0.1, 0.15) is 5.56 Å². The maximum atomic E-state index is 13.4. The highest BCUT2D eigenvalue weighted by Crippen LogP contribution is 2.37. The molecule has 28 heavy (non-hydrogen) atoms. The zero-order valence-electron chi connectivity index (χ0n) is 15.6. The molecule has 4 rings (SSSR count). The van der Waals surface area contributed by atoms with Crippen molar-refractivity contribution in [1.82, 2.24) is 9.55 Å². The summed E-state index contributed by atoms with van der Waals surface area (Å²) in [5.41, 5.74) is 3.23. The summed E-state index contributed by atoms with van der Waals surface area (Å²) in [6, 6.07) is 15.2. The third-order valence-corrected chi connectivity index (χ3v) is 5.55. The molecule has 4 aromatic rings. The fourth-order valence-electron chi connectivity index (χ4n) is 3.35. The number of hydrogen-bond donors (Lipinski definition) is 0. The van der Waals surface area contributed by atoms with E-state index in [1.807, 2.05) is 60.8 Å². The van der Waals surface area contributed by atoms with Crippen molar-refractivity contribution in [3.8, 4) is 28.3 Å². The van der Waals surface area contributed by atoms with Crippen LogP contribution in [0.3, 0.4) is 0 Å². The van der Waals surface area contributed by atoms with E-state index in [1.54, 1.807) is 7.11 Å². The summed E-state index contributed by atoms with van der Waals surface area (Å²) in [6.45, 7) is 1.32. The Morgan fingerprint density at radius 2 is 1.93 bits per heavy atom. The van der Waals surface area contributed by atoms with Crippen molar-refractivity contribution < 1.29 is 9.13 Å². The van der Waals surface area contributed by atoms with Gasteiger partial charge in [0.15, 0.2) is 0 Å². The number of rotatable bonds is 5. The van der Waals surface area contributed by atoms with Crippen LogP contribution in [0.2, 0.25) is 0 Å². The van der Waals surface area contributed by atoms with Gasteiger partial charge >= 0.3 is 0 Å². The van der Waals surface area contributed by atoms with Crippen molar-refractivity contribution in [2.45, 2.75) is 13.5 Å². The molecule has 0 spiro atoms. The van der Waals surface area contributed by atoms with Crippen LogP contribution in [0.25, 0.3) is 32.7 Å². The number of nitrogens with zero attached hydrogens (tertiary/aromatic N) is 2. The number of benzene rings is 2. The molecule has 2 heterocycles. The number of aromatic nitrogens is 2. The molecule has 0 atom stereocenters. The maximum absolute atomic E-state index is 13.4. The molecule has 0 radical (unpaired) electrons. The van der Waals surface area contributed by atoms with Crippen LogP contribution in [-0.2, 0) is 6.54 Å². The van der Waals surface area contributed by atoms with Crippen molar-refractivity contribution in [2.75, 3.05) is 13.8 Å². The quantitative estimate of drug-likeness (QED) is 0.474. The van der Waals surface area contributed by atoms with Crippen LogP contribution in [-0.4, -0.2) is 23.3 Å². The third-order valence-electron chi connectivity index (χ3n) is 4.68. The second kappa shape index (κ2) is 7.56. The topological polar surface area (TPSA) is 44.1 Å². The summed E-state index contributed by atoms with van der Waals surface area (Å²) in [5, 5.41) is 2.42. The van der Waals surface area contributed by atoms with Crippen LogP contribution in [0.5, 0.6) is 5.75 Å². The van der Waals surface area contributed by atoms with E-state index in [0.717, 1.165) is 22.3 Å². The number of alkyl halides is 1. The second-order valence-corrected chi connectivity index (χ2v) is 7.34. The van der Waals surface area contributed by atoms with Gasteiger partial charge in [0.25, 0.3) is 5.56 Å². The predicted molar refractivity (Wildman–Crippen MR) is 112 cm³/mol. The minimum absolute atomic E-state index is 0.0355. The first kappa shape index (κ1) is 18.4. The largest absolute Gasteiger partial charge is 0.496 e. The highest BCUT2D eigenvalue weighted by molar-refractivity contribution is 7.17. The molecule has 0 fully saturated rings. The highest BCUT2D eigenvalue weighted by Gasteiger charge is 2.19. The number of methoxy groups -OCH3 is 1. The van der Waals surface area contributed by atoms with Gasteiger partial charge in [0, 0.05) is 22.1 Å². The Labute approximate surface area is 165 Å². The van der Waals surface area contributed by atoms with Gasteiger partial charge in [0.1, 0.15) is 23.1 Å². The Hall–Kier alpha value is -2.99. The second-order valence-electron chi connectivity index (χ2n) is 6.48. The van der Waals surface area contributed by atoms with Gasteiger partial charge in [-0.2, -0.15) is 0 Å². The molecule has 0 saturated carbocycles. The van der Waals surface area contributed by atoms with Gasteiger partial charge in [-0.1, -0.05) is 42.0 Å². The molecule has 0 bridgehead atoms. The van der Waals surface area contributed by atoms with Crippen molar-refractivity contribution in [1.29, 1.82) is 0 Å². The molecule has 0 aliphatic carbocycles. The van der Waals surface area contributed by atoms with Crippen molar-refractivity contribution in [3.05, 3.63) is 69.8 Å². The van der Waals surface area contributed by atoms with Gasteiger partial charge in [-0.25, -0.2) is 9.37 Å². The lowest BCUT2D eigenvalue weighted by atomic mass is 10.0. The number of halogens is 1. The Balaban J connectivity index is 2.03. The molecule has 0 unspecified atom stereocenters. The summed E-state index contributed by atoms with van der Waals surface area (Å²) in [7, 11) is 1.61. The average Bonchev–Trinajstić information content (AvgIpc) is 3.15. The van der Waals surface area contributed by atoms with E-state index in [-0.39, 0.29) is 12.1 Å². The Bertz CT molecular complexity index is 1200. The van der Waals surface area contributed by atoms with Gasteiger partial charge in [0.2, 0.25) is 0 Å². The molecular weight excluding hydrogens is 375 g/mol. The monoisotopic (exact) mass is 394 g/mol. The van der Waals surface area contributed by atoms with E-state index in [0.29, 0.717) is 21.8 Å². The molecule has 2 aromatic heterocycles. The summed E-state index contributed by atoms with van der Waals surface area (Å²) >= 11 is 1.41. The van der Waals surface area contributed by atoms with Crippen LogP contribution in [0.4, 0.5) is 4.39 Å². The first-order valence-corrected chi connectivity index (χ1v) is 9.80. The number of fused-ring (bicyclic) bond motifs is 1. The van der Waals surface area contributed by atoms with E-state index in [1.165, 1.54) is 15.9 Å². The first-order chi connectivity index (χ1) is 13.6. The first-order valence-electron chi connectivity index (χ1n) is 8.92. The van der Waals surface area contributed by atoms with E-state index in [4.69, 9.17) is 9.72 Å². The Morgan fingerprint density at radius 3 is 2.64 bits per heavy atom. The van der Waals surface area contributed by atoms with E-state index >= 15 is 0 Å². The normalized spacial score (nSPS) is 11.1. The zero-order valence-corrected chi connectivity index (χ0v) is 16.4. The van der Waals surface area contributed by atoms with Gasteiger partial charge in [-0.05, 0) is 19.1 Å². The van der Waals surface area contributed by atoms with Gasteiger partial charge in [-0.15, -0.1) is 11.3 Å². The zero-order chi connectivity index (χ0) is 19.7. The van der Waals surface area contributed by atoms with Crippen molar-refractivity contribution in [2.24, 2.45) is 0 Å². The number of hydrogen-bond acceptors (Lipinski definition) is 4. The summed E-state index contributed by atoms with van der Waals surface area (Å²) < 4.78 is 20.2. The number of aryl methyl sites for hydroxylation is 1. The van der Waals surface area contributed by atoms with Crippen LogP contribution >= 0.6 is 11.3 Å². The minimum atomic E-state index is -0.639. The lowest BCUT2D eigenvalue weighted by Crippen LogP contribution is -2.24. The SMILES string of the molecule is COc1ccc(C)cc1-c1csc2nc(-c3ccccc3)n(CCF)c(=O)c12. The summed E-state index contributed by atoms with van der Waals surface area (Å²) in [6.07, 6.45) is 0. The lowest BCUT2D eigenvalue weighted by molar-refractivity contribution is 0.416. The molecular formula is C22H19FN2O2S. The van der Waals surface area contributed by atoms with Crippen LogP contribution in [0, 0.1) is 6.92 Å². The molecule has 4 nitrogen and oxygen atoms in total. The molecule has 2 aromatic carbocycles. The third kappa shape index (κ3) is 3.10. The van der Waals surface area contributed by atoms with Gasteiger partial charge in [0.05, 0.1) is 19.0 Å². The molecule has 0 amide bonds. The molecule has 0 saturated heterocycles. The minimum Gasteiger partial charge on any atom is -0.496 e. The average molecular weight is 394 g/mol. The Kier molecular flexibility index (Phi) is 4.96. The summed E-state index contributed by atoms with van der Waals surface area (Å²) in [5.74, 6) is 1.18. The Morgan fingerprint density at radius 1 is 1.14 bits per heavy atom. The van der Waals surface area contributed by atoms with Crippen molar-refractivity contribution >= 4 is 21.6 Å². The van der Waals surface area contributed by atoms with Crippen molar-refractivity contribution in [3.63, 3.8) is 0 Å².